The lowest BCUT2D eigenvalue weighted by molar-refractivity contribution is -0.130. The third-order valence-corrected chi connectivity index (χ3v) is 4.37. The zero-order valence-electron chi connectivity index (χ0n) is 11.2. The standard InChI is InChI=1S/C14H14BrN3O3/c15-10-3-1-2-9(6-10)7-11(19)18-5-4-14(8-18)12(20)16-13(21)17-14/h1-3,6H,4-5,7-8H2,(H2,16,17,20,21). The smallest absolute Gasteiger partial charge is 0.322 e. The number of urea groups is 1. The van der Waals surface area contributed by atoms with E-state index < -0.39 is 11.6 Å². The maximum atomic E-state index is 12.3. The number of hydrogen-bond acceptors (Lipinski definition) is 3. The molecule has 1 spiro atoms. The molecule has 2 saturated heterocycles. The summed E-state index contributed by atoms with van der Waals surface area (Å²) in [6.07, 6.45) is 0.736. The van der Waals surface area contributed by atoms with E-state index in [2.05, 4.69) is 26.6 Å². The maximum absolute atomic E-state index is 12.3. The summed E-state index contributed by atoms with van der Waals surface area (Å²) in [5.74, 6) is -0.385. The zero-order chi connectivity index (χ0) is 15.0. The third kappa shape index (κ3) is 2.65. The molecule has 2 fully saturated rings. The van der Waals surface area contributed by atoms with Crippen LogP contribution in [0.2, 0.25) is 0 Å². The monoisotopic (exact) mass is 351 g/mol. The molecule has 1 aromatic carbocycles. The first-order chi connectivity index (χ1) is 9.98. The first-order valence-electron chi connectivity index (χ1n) is 6.64. The topological polar surface area (TPSA) is 78.5 Å². The van der Waals surface area contributed by atoms with Gasteiger partial charge in [-0.15, -0.1) is 0 Å². The van der Waals surface area contributed by atoms with Crippen LogP contribution < -0.4 is 10.6 Å². The molecule has 0 bridgehead atoms. The van der Waals surface area contributed by atoms with E-state index in [0.29, 0.717) is 13.0 Å². The van der Waals surface area contributed by atoms with Crippen molar-refractivity contribution in [3.63, 3.8) is 0 Å². The molecule has 110 valence electrons. The summed E-state index contributed by atoms with van der Waals surface area (Å²) < 4.78 is 0.924. The molecule has 2 aliphatic rings. The predicted octanol–water partition coefficient (Wildman–Crippen LogP) is 0.802. The SMILES string of the molecule is O=C1NC(=O)C2(CCN(C(=O)Cc3cccc(Br)c3)C2)N1. The summed E-state index contributed by atoms with van der Waals surface area (Å²) in [6.45, 7) is 0.706. The predicted molar refractivity (Wildman–Crippen MR) is 78.4 cm³/mol. The molecular formula is C14H14BrN3O3. The number of imide groups is 1. The van der Waals surface area contributed by atoms with Gasteiger partial charge in [0.2, 0.25) is 5.91 Å². The highest BCUT2D eigenvalue weighted by Gasteiger charge is 2.51. The van der Waals surface area contributed by atoms with Crippen molar-refractivity contribution in [2.24, 2.45) is 0 Å². The fourth-order valence-electron chi connectivity index (χ4n) is 2.77. The molecule has 0 saturated carbocycles. The number of carbonyl (C=O) groups excluding carboxylic acids is 3. The van der Waals surface area contributed by atoms with Gasteiger partial charge in [0.05, 0.1) is 13.0 Å². The number of likely N-dealkylation sites (tertiary alicyclic amines) is 1. The molecule has 3 rings (SSSR count). The van der Waals surface area contributed by atoms with Gasteiger partial charge in [-0.05, 0) is 24.1 Å². The van der Waals surface area contributed by atoms with Crippen LogP contribution in [-0.4, -0.2) is 41.4 Å². The van der Waals surface area contributed by atoms with Crippen LogP contribution >= 0.6 is 15.9 Å². The molecule has 0 aromatic heterocycles. The molecule has 1 aromatic rings. The Balaban J connectivity index is 1.67. The van der Waals surface area contributed by atoms with Crippen molar-refractivity contribution >= 4 is 33.8 Å². The third-order valence-electron chi connectivity index (χ3n) is 3.88. The van der Waals surface area contributed by atoms with Crippen LogP contribution in [0.4, 0.5) is 4.79 Å². The molecule has 4 amide bonds. The molecule has 21 heavy (non-hydrogen) atoms. The molecule has 2 N–H and O–H groups in total. The normalized spacial score (nSPS) is 24.3. The van der Waals surface area contributed by atoms with E-state index in [0.717, 1.165) is 10.0 Å². The van der Waals surface area contributed by atoms with Crippen molar-refractivity contribution in [2.45, 2.75) is 18.4 Å². The Morgan fingerprint density at radius 2 is 2.19 bits per heavy atom. The van der Waals surface area contributed by atoms with E-state index in [1.807, 2.05) is 24.3 Å². The van der Waals surface area contributed by atoms with Gasteiger partial charge in [-0.2, -0.15) is 0 Å². The van der Waals surface area contributed by atoms with Crippen molar-refractivity contribution < 1.29 is 14.4 Å². The van der Waals surface area contributed by atoms with Gasteiger partial charge in [-0.3, -0.25) is 14.9 Å². The minimum Gasteiger partial charge on any atom is -0.339 e. The zero-order valence-corrected chi connectivity index (χ0v) is 12.8. The van der Waals surface area contributed by atoms with Gasteiger partial charge in [0.1, 0.15) is 5.54 Å². The van der Waals surface area contributed by atoms with E-state index in [1.54, 1.807) is 4.90 Å². The van der Waals surface area contributed by atoms with Crippen LogP contribution in [-0.2, 0) is 16.0 Å². The van der Waals surface area contributed by atoms with Gasteiger partial charge in [-0.25, -0.2) is 4.79 Å². The summed E-state index contributed by atoms with van der Waals surface area (Å²) in [5.41, 5.74) is -0.0282. The summed E-state index contributed by atoms with van der Waals surface area (Å²) in [5, 5.41) is 4.87. The lowest BCUT2D eigenvalue weighted by Crippen LogP contribution is -2.49. The Labute approximate surface area is 130 Å². The van der Waals surface area contributed by atoms with Gasteiger partial charge in [0.15, 0.2) is 0 Å². The Bertz CT molecular complexity index is 634. The minimum absolute atomic E-state index is 0.0427. The second kappa shape index (κ2) is 5.14. The second-order valence-corrected chi connectivity index (χ2v) is 6.28. The Morgan fingerprint density at radius 3 is 2.86 bits per heavy atom. The Morgan fingerprint density at radius 1 is 1.38 bits per heavy atom. The highest BCUT2D eigenvalue weighted by atomic mass is 79.9. The van der Waals surface area contributed by atoms with E-state index in [4.69, 9.17) is 0 Å². The van der Waals surface area contributed by atoms with Gasteiger partial charge in [0, 0.05) is 11.0 Å². The lowest BCUT2D eigenvalue weighted by Gasteiger charge is -2.21. The first kappa shape index (κ1) is 14.1. The average Bonchev–Trinajstić information content (AvgIpc) is 2.95. The van der Waals surface area contributed by atoms with Crippen molar-refractivity contribution in [3.8, 4) is 0 Å². The Hall–Kier alpha value is -1.89. The number of nitrogens with one attached hydrogen (secondary N) is 2. The molecule has 7 heteroatoms. The minimum atomic E-state index is -0.940. The largest absolute Gasteiger partial charge is 0.339 e. The number of rotatable bonds is 2. The van der Waals surface area contributed by atoms with Crippen LogP contribution in [0.3, 0.4) is 0 Å². The average molecular weight is 352 g/mol. The van der Waals surface area contributed by atoms with Crippen molar-refractivity contribution in [2.75, 3.05) is 13.1 Å². The van der Waals surface area contributed by atoms with Gasteiger partial charge < -0.3 is 10.2 Å². The van der Waals surface area contributed by atoms with Gasteiger partial charge in [0.25, 0.3) is 5.91 Å². The summed E-state index contributed by atoms with van der Waals surface area (Å²) in [4.78, 5) is 37.1. The van der Waals surface area contributed by atoms with Crippen LogP contribution in [0.1, 0.15) is 12.0 Å². The van der Waals surface area contributed by atoms with E-state index in [-0.39, 0.29) is 24.8 Å². The number of nitrogens with zero attached hydrogens (tertiary/aromatic N) is 1. The van der Waals surface area contributed by atoms with Crippen molar-refractivity contribution in [1.29, 1.82) is 0 Å². The molecule has 2 aliphatic heterocycles. The van der Waals surface area contributed by atoms with Gasteiger partial charge >= 0.3 is 6.03 Å². The number of carbonyl (C=O) groups is 3. The highest BCUT2D eigenvalue weighted by molar-refractivity contribution is 9.10. The molecule has 6 nitrogen and oxygen atoms in total. The number of hydrogen-bond donors (Lipinski definition) is 2. The molecular weight excluding hydrogens is 338 g/mol. The summed E-state index contributed by atoms with van der Waals surface area (Å²) in [6, 6.07) is 7.08. The van der Waals surface area contributed by atoms with Crippen molar-refractivity contribution in [1.82, 2.24) is 15.5 Å². The summed E-state index contributed by atoms with van der Waals surface area (Å²) in [7, 11) is 0. The van der Waals surface area contributed by atoms with Crippen LogP contribution in [0.25, 0.3) is 0 Å². The van der Waals surface area contributed by atoms with Crippen LogP contribution in [0.15, 0.2) is 28.7 Å². The fraction of sp³-hybridized carbons (Fsp3) is 0.357. The highest BCUT2D eigenvalue weighted by Crippen LogP contribution is 2.25. The number of halogens is 1. The van der Waals surface area contributed by atoms with Crippen molar-refractivity contribution in [3.05, 3.63) is 34.3 Å². The molecule has 0 aliphatic carbocycles. The maximum Gasteiger partial charge on any atom is 0.322 e. The van der Waals surface area contributed by atoms with Crippen LogP contribution in [0.5, 0.6) is 0 Å². The number of amides is 4. The first-order valence-corrected chi connectivity index (χ1v) is 7.44. The molecule has 2 heterocycles. The van der Waals surface area contributed by atoms with Gasteiger partial charge in [-0.1, -0.05) is 28.1 Å². The molecule has 1 atom stereocenters. The second-order valence-electron chi connectivity index (χ2n) is 5.36. The fourth-order valence-corrected chi connectivity index (χ4v) is 3.22. The van der Waals surface area contributed by atoms with E-state index >= 15 is 0 Å². The lowest BCUT2D eigenvalue weighted by atomic mass is 9.99. The van der Waals surface area contributed by atoms with E-state index in [1.165, 1.54) is 0 Å². The quantitative estimate of drug-likeness (QED) is 0.773. The number of benzene rings is 1. The van der Waals surface area contributed by atoms with E-state index in [9.17, 15) is 14.4 Å². The van der Waals surface area contributed by atoms with Crippen LogP contribution in [0, 0.1) is 0 Å². The molecule has 0 radical (unpaired) electrons. The molecule has 1 unspecified atom stereocenters. The Kier molecular flexibility index (Phi) is 3.44. The summed E-state index contributed by atoms with van der Waals surface area (Å²) >= 11 is 3.37.